The summed E-state index contributed by atoms with van der Waals surface area (Å²) in [6.07, 6.45) is 0.901. The lowest BCUT2D eigenvalue weighted by atomic mass is 10.0. The van der Waals surface area contributed by atoms with Crippen molar-refractivity contribution < 1.29 is 4.79 Å². The summed E-state index contributed by atoms with van der Waals surface area (Å²) >= 11 is 0. The lowest BCUT2D eigenvalue weighted by Gasteiger charge is -2.11. The van der Waals surface area contributed by atoms with Gasteiger partial charge in [-0.05, 0) is 17.3 Å². The van der Waals surface area contributed by atoms with Gasteiger partial charge in [0.1, 0.15) is 0 Å². The first-order valence-electron chi connectivity index (χ1n) is 5.78. The largest absolute Gasteiger partial charge is 0.354 e. The van der Waals surface area contributed by atoms with Gasteiger partial charge in [-0.1, -0.05) is 34.6 Å². The molecule has 1 amide bonds. The van der Waals surface area contributed by atoms with Crippen LogP contribution >= 0.6 is 0 Å². The number of amides is 1. The van der Waals surface area contributed by atoms with Crippen LogP contribution in [0, 0.1) is 16.7 Å². The number of nitrogens with one attached hydrogen (secondary N) is 1. The van der Waals surface area contributed by atoms with E-state index in [9.17, 15) is 4.79 Å². The summed E-state index contributed by atoms with van der Waals surface area (Å²) in [5.74, 6) is 0.294. The Morgan fingerprint density at radius 2 is 1.80 bits per heavy atom. The smallest absolute Gasteiger partial charge is 0.224 e. The molecule has 15 heavy (non-hydrogen) atoms. The van der Waals surface area contributed by atoms with Gasteiger partial charge in [0, 0.05) is 18.5 Å². The van der Waals surface area contributed by atoms with Gasteiger partial charge in [-0.25, -0.2) is 0 Å². The van der Waals surface area contributed by atoms with Crippen molar-refractivity contribution in [1.82, 2.24) is 5.32 Å². The van der Waals surface area contributed by atoms with Gasteiger partial charge in [-0.15, -0.1) is 0 Å². The van der Waals surface area contributed by atoms with Crippen LogP contribution in [0.1, 0.15) is 41.0 Å². The highest BCUT2D eigenvalue weighted by Gasteiger charge is 2.68. The maximum absolute atomic E-state index is 11.9. The van der Waals surface area contributed by atoms with Crippen LogP contribution in [0.25, 0.3) is 0 Å². The molecule has 1 unspecified atom stereocenters. The number of nitrogens with two attached hydrogens (primary N) is 1. The van der Waals surface area contributed by atoms with E-state index in [4.69, 9.17) is 5.73 Å². The lowest BCUT2D eigenvalue weighted by Crippen LogP contribution is -2.38. The van der Waals surface area contributed by atoms with Gasteiger partial charge in [0.25, 0.3) is 0 Å². The Labute approximate surface area is 92.8 Å². The summed E-state index contributed by atoms with van der Waals surface area (Å²) in [4.78, 5) is 11.9. The average Bonchev–Trinajstić information content (AvgIpc) is 2.53. The summed E-state index contributed by atoms with van der Waals surface area (Å²) < 4.78 is 0. The molecule has 1 aliphatic carbocycles. The molecule has 1 fully saturated rings. The van der Waals surface area contributed by atoms with Crippen LogP contribution < -0.4 is 11.1 Å². The van der Waals surface area contributed by atoms with E-state index in [2.05, 4.69) is 33.0 Å². The van der Waals surface area contributed by atoms with Gasteiger partial charge in [0.2, 0.25) is 5.91 Å². The van der Waals surface area contributed by atoms with Gasteiger partial charge in [0.15, 0.2) is 0 Å². The zero-order chi connectivity index (χ0) is 11.9. The summed E-state index contributed by atoms with van der Waals surface area (Å²) in [5.41, 5.74) is 6.00. The van der Waals surface area contributed by atoms with Crippen molar-refractivity contribution in [3.05, 3.63) is 0 Å². The third-order valence-electron chi connectivity index (χ3n) is 4.35. The second-order valence-corrected chi connectivity index (χ2v) is 5.79. The van der Waals surface area contributed by atoms with Gasteiger partial charge >= 0.3 is 0 Å². The third-order valence-corrected chi connectivity index (χ3v) is 4.35. The van der Waals surface area contributed by atoms with Crippen molar-refractivity contribution in [1.29, 1.82) is 0 Å². The van der Waals surface area contributed by atoms with Gasteiger partial charge in [-0.3, -0.25) is 4.79 Å². The predicted molar refractivity (Wildman–Crippen MR) is 62.3 cm³/mol. The number of carbonyl (C=O) groups excluding carboxylic acids is 1. The molecule has 0 aromatic carbocycles. The molecule has 0 aliphatic heterocycles. The van der Waals surface area contributed by atoms with Crippen molar-refractivity contribution in [2.75, 3.05) is 6.54 Å². The van der Waals surface area contributed by atoms with E-state index in [1.54, 1.807) is 0 Å². The number of hydrogen-bond acceptors (Lipinski definition) is 2. The fraction of sp³-hybridized carbons (Fsp3) is 0.917. The standard InChI is InChI=1S/C12H24N2O/c1-6-8(13)7-14-10(15)9-11(2,3)12(9,4)5/h8-9H,6-7,13H2,1-5H3,(H,14,15). The Hall–Kier alpha value is -0.570. The second kappa shape index (κ2) is 3.78. The van der Waals surface area contributed by atoms with E-state index in [0.29, 0.717) is 6.54 Å². The molecular formula is C12H24N2O. The summed E-state index contributed by atoms with van der Waals surface area (Å²) in [6.45, 7) is 11.2. The second-order valence-electron chi connectivity index (χ2n) is 5.79. The molecule has 0 bridgehead atoms. The Kier molecular flexibility index (Phi) is 3.15. The molecule has 0 aromatic heterocycles. The van der Waals surface area contributed by atoms with Crippen LogP contribution in [-0.2, 0) is 4.79 Å². The molecule has 1 rings (SSSR count). The van der Waals surface area contributed by atoms with Crippen LogP contribution in [0.15, 0.2) is 0 Å². The van der Waals surface area contributed by atoms with Crippen molar-refractivity contribution in [2.45, 2.75) is 47.1 Å². The fourth-order valence-corrected chi connectivity index (χ4v) is 2.33. The number of rotatable bonds is 4. The Balaban J connectivity index is 2.45. The molecular weight excluding hydrogens is 188 g/mol. The Morgan fingerprint density at radius 1 is 1.33 bits per heavy atom. The predicted octanol–water partition coefficient (Wildman–Crippen LogP) is 1.52. The van der Waals surface area contributed by atoms with E-state index >= 15 is 0 Å². The summed E-state index contributed by atoms with van der Waals surface area (Å²) in [7, 11) is 0. The topological polar surface area (TPSA) is 55.1 Å². The molecule has 0 aromatic rings. The van der Waals surface area contributed by atoms with Crippen LogP contribution in [0.2, 0.25) is 0 Å². The molecule has 0 saturated heterocycles. The monoisotopic (exact) mass is 212 g/mol. The van der Waals surface area contributed by atoms with E-state index < -0.39 is 0 Å². The molecule has 0 spiro atoms. The van der Waals surface area contributed by atoms with Gasteiger partial charge in [-0.2, -0.15) is 0 Å². The molecule has 3 nitrogen and oxygen atoms in total. The highest BCUT2D eigenvalue weighted by atomic mass is 16.2. The highest BCUT2D eigenvalue weighted by molar-refractivity contribution is 5.84. The minimum Gasteiger partial charge on any atom is -0.354 e. The average molecular weight is 212 g/mol. The van der Waals surface area contributed by atoms with Crippen LogP contribution in [0.5, 0.6) is 0 Å². The SMILES string of the molecule is CCC(N)CNC(=O)C1C(C)(C)C1(C)C. The summed E-state index contributed by atoms with van der Waals surface area (Å²) in [5, 5.41) is 2.94. The zero-order valence-electron chi connectivity index (χ0n) is 10.6. The maximum Gasteiger partial charge on any atom is 0.224 e. The minimum atomic E-state index is 0.0823. The van der Waals surface area contributed by atoms with Crippen molar-refractivity contribution in [3.63, 3.8) is 0 Å². The van der Waals surface area contributed by atoms with E-state index in [-0.39, 0.29) is 28.7 Å². The fourth-order valence-electron chi connectivity index (χ4n) is 2.33. The molecule has 1 atom stereocenters. The molecule has 1 saturated carbocycles. The van der Waals surface area contributed by atoms with Crippen molar-refractivity contribution in [2.24, 2.45) is 22.5 Å². The Morgan fingerprint density at radius 3 is 2.13 bits per heavy atom. The third kappa shape index (κ3) is 2.03. The number of carbonyl (C=O) groups is 1. The van der Waals surface area contributed by atoms with E-state index in [1.165, 1.54) is 0 Å². The normalized spacial score (nSPS) is 24.7. The molecule has 0 radical (unpaired) electrons. The molecule has 88 valence electrons. The molecule has 1 aliphatic rings. The zero-order valence-corrected chi connectivity index (χ0v) is 10.6. The van der Waals surface area contributed by atoms with Crippen LogP contribution in [-0.4, -0.2) is 18.5 Å². The van der Waals surface area contributed by atoms with E-state index in [1.807, 2.05) is 6.92 Å². The molecule has 3 N–H and O–H groups in total. The first-order valence-corrected chi connectivity index (χ1v) is 5.78. The highest BCUT2D eigenvalue weighted by Crippen LogP contribution is 2.68. The van der Waals surface area contributed by atoms with Gasteiger partial charge in [0.05, 0.1) is 0 Å². The summed E-state index contributed by atoms with van der Waals surface area (Å²) in [6, 6.07) is 0.0823. The lowest BCUT2D eigenvalue weighted by molar-refractivity contribution is -0.123. The number of hydrogen-bond donors (Lipinski definition) is 2. The Bertz CT molecular complexity index is 244. The van der Waals surface area contributed by atoms with Crippen molar-refractivity contribution in [3.8, 4) is 0 Å². The molecule has 3 heteroatoms. The first-order chi connectivity index (χ1) is 6.75. The first kappa shape index (κ1) is 12.5. The van der Waals surface area contributed by atoms with Crippen LogP contribution in [0.3, 0.4) is 0 Å². The molecule has 0 heterocycles. The van der Waals surface area contributed by atoms with Crippen LogP contribution in [0.4, 0.5) is 0 Å². The maximum atomic E-state index is 11.9. The van der Waals surface area contributed by atoms with Crippen molar-refractivity contribution >= 4 is 5.91 Å². The minimum absolute atomic E-state index is 0.0823. The quantitative estimate of drug-likeness (QED) is 0.742. The van der Waals surface area contributed by atoms with E-state index in [0.717, 1.165) is 6.42 Å². The van der Waals surface area contributed by atoms with Gasteiger partial charge < -0.3 is 11.1 Å².